The van der Waals surface area contributed by atoms with E-state index in [-0.39, 0.29) is 77.4 Å². The minimum absolute atomic E-state index is 0.0174. The molecule has 250 valence electrons. The third-order valence-corrected chi connectivity index (χ3v) is 9.54. The van der Waals surface area contributed by atoms with Gasteiger partial charge in [0.1, 0.15) is 40.0 Å². The third-order valence-electron chi connectivity index (χ3n) is 8.81. The molecule has 15 heteroatoms. The van der Waals surface area contributed by atoms with E-state index < -0.39 is 29.4 Å². The van der Waals surface area contributed by atoms with Crippen molar-refractivity contribution in [3.8, 4) is 17.2 Å². The number of ether oxygens (including phenoxy) is 2. The minimum Gasteiger partial charge on any atom is -0.465 e. The predicted molar refractivity (Wildman–Crippen MR) is 173 cm³/mol. The molecule has 4 aromatic rings. The largest absolute Gasteiger partial charge is 0.465 e. The van der Waals surface area contributed by atoms with E-state index in [0.717, 1.165) is 18.9 Å². The lowest BCUT2D eigenvalue weighted by Crippen LogP contribution is -2.55. The molecule has 0 radical (unpaired) electrons. The quantitative estimate of drug-likeness (QED) is 0.165. The van der Waals surface area contributed by atoms with Crippen molar-refractivity contribution in [2.45, 2.75) is 76.6 Å². The van der Waals surface area contributed by atoms with Crippen LogP contribution in [-0.4, -0.2) is 68.7 Å². The van der Waals surface area contributed by atoms with Gasteiger partial charge in [-0.25, -0.2) is 28.3 Å². The van der Waals surface area contributed by atoms with Crippen molar-refractivity contribution in [1.29, 1.82) is 5.26 Å². The molecule has 2 fully saturated rings. The number of rotatable bonds is 5. The van der Waals surface area contributed by atoms with Gasteiger partial charge in [-0.1, -0.05) is 18.7 Å². The first-order valence-corrected chi connectivity index (χ1v) is 16.6. The van der Waals surface area contributed by atoms with Gasteiger partial charge < -0.3 is 28.8 Å². The number of nitrogens with one attached hydrogen (secondary N) is 1. The lowest BCUT2D eigenvalue weighted by Gasteiger charge is -2.41. The maximum atomic E-state index is 17.3. The molecule has 3 aliphatic heterocycles. The Morgan fingerprint density at radius 3 is 2.48 bits per heavy atom. The number of thioether (sulfide) groups is 1. The highest BCUT2D eigenvalue weighted by atomic mass is 32.2. The van der Waals surface area contributed by atoms with Crippen molar-refractivity contribution in [3.63, 3.8) is 0 Å². The molecule has 0 aliphatic carbocycles. The van der Waals surface area contributed by atoms with Crippen LogP contribution in [-0.2, 0) is 22.7 Å². The number of amides is 2. The zero-order valence-electron chi connectivity index (χ0n) is 26.6. The number of nitrogens with zero attached hydrogens (tertiary/aromatic N) is 5. The normalized spacial score (nSPS) is 18.8. The molecular formula is C33H32F2N6O6S. The summed E-state index contributed by atoms with van der Waals surface area (Å²) in [6, 6.07) is 4.10. The Labute approximate surface area is 278 Å². The molecule has 2 unspecified atom stereocenters. The Balaban J connectivity index is 1.46. The molecule has 48 heavy (non-hydrogen) atoms. The number of benzene rings is 2. The average Bonchev–Trinajstić information content (AvgIpc) is 3.70. The van der Waals surface area contributed by atoms with Gasteiger partial charge in [0.2, 0.25) is 5.88 Å². The number of fused-ring (bicyclic) bond motifs is 6. The number of likely N-dealkylation sites (tertiary alicyclic amines) is 1. The molecule has 5 heterocycles. The zero-order chi connectivity index (χ0) is 34.1. The van der Waals surface area contributed by atoms with Crippen LogP contribution < -0.4 is 10.2 Å². The summed E-state index contributed by atoms with van der Waals surface area (Å²) in [6.07, 6.45) is -0.364. The second-order valence-electron chi connectivity index (χ2n) is 12.9. The zero-order valence-corrected chi connectivity index (χ0v) is 27.5. The van der Waals surface area contributed by atoms with Gasteiger partial charge in [-0.15, -0.1) is 0 Å². The second-order valence-corrected chi connectivity index (χ2v) is 14.2. The molecule has 2 atom stereocenters. The standard InChI is InChI=1S/C33H32F2N6O6S/c1-5-48-30-37-27-24(28(38-30)41-15-6-7-16(41)12-40(11-15)32(43)44)19-14-45-13-18(19)23(26(27)35)25-20(34)8-9-21-22(25)17(10-36)29(46-21)39-31(42)47-33(2,3)4/h8-9,15-16H,5-7,11-14H2,1-4H3,(H,39,42)(H,43,44). The van der Waals surface area contributed by atoms with Crippen LogP contribution in [0.15, 0.2) is 21.7 Å². The fourth-order valence-electron chi connectivity index (χ4n) is 7.04. The number of hydrogen-bond acceptors (Lipinski definition) is 10. The maximum Gasteiger partial charge on any atom is 0.414 e. The number of hydrogen-bond donors (Lipinski definition) is 2. The minimum atomic E-state index is -0.983. The van der Waals surface area contributed by atoms with Crippen LogP contribution in [0.2, 0.25) is 0 Å². The van der Waals surface area contributed by atoms with E-state index in [9.17, 15) is 20.0 Å². The van der Waals surface area contributed by atoms with E-state index in [2.05, 4.69) is 15.2 Å². The van der Waals surface area contributed by atoms with Crippen LogP contribution in [0.25, 0.3) is 33.0 Å². The Bertz CT molecular complexity index is 2040. The Hall–Kier alpha value is -4.68. The number of anilines is 2. The van der Waals surface area contributed by atoms with Gasteiger partial charge in [-0.05, 0) is 62.6 Å². The molecule has 3 aliphatic rings. The van der Waals surface area contributed by atoms with Crippen molar-refractivity contribution in [2.24, 2.45) is 0 Å². The molecule has 0 saturated carbocycles. The average molecular weight is 679 g/mol. The highest BCUT2D eigenvalue weighted by Gasteiger charge is 2.44. The predicted octanol–water partition coefficient (Wildman–Crippen LogP) is 7.01. The molecule has 2 aromatic heterocycles. The maximum absolute atomic E-state index is 17.3. The number of piperazine rings is 1. The van der Waals surface area contributed by atoms with Gasteiger partial charge in [0.05, 0.1) is 24.0 Å². The summed E-state index contributed by atoms with van der Waals surface area (Å²) in [5.41, 5.74) is -0.364. The number of furan rings is 1. The summed E-state index contributed by atoms with van der Waals surface area (Å²) in [4.78, 5) is 37.5. The number of carbonyl (C=O) groups excluding carboxylic acids is 1. The van der Waals surface area contributed by atoms with Crippen LogP contribution in [0, 0.1) is 23.0 Å². The smallest absolute Gasteiger partial charge is 0.414 e. The first kappa shape index (κ1) is 31.9. The summed E-state index contributed by atoms with van der Waals surface area (Å²) >= 11 is 1.33. The van der Waals surface area contributed by atoms with Gasteiger partial charge in [-0.3, -0.25) is 5.32 Å². The van der Waals surface area contributed by atoms with E-state index in [4.69, 9.17) is 18.9 Å². The van der Waals surface area contributed by atoms with E-state index in [1.165, 1.54) is 22.7 Å². The Kier molecular flexibility index (Phi) is 7.83. The molecule has 2 bridgehead atoms. The number of carboxylic acid groups (broad SMARTS) is 1. The van der Waals surface area contributed by atoms with Gasteiger partial charge in [0, 0.05) is 36.3 Å². The fraction of sp³-hybridized carbons (Fsp3) is 0.424. The van der Waals surface area contributed by atoms with Crippen molar-refractivity contribution >= 4 is 57.5 Å². The monoisotopic (exact) mass is 678 g/mol. The van der Waals surface area contributed by atoms with Crippen LogP contribution in [0.4, 0.5) is 30.1 Å². The summed E-state index contributed by atoms with van der Waals surface area (Å²) in [5.74, 6) is -0.773. The lowest BCUT2D eigenvalue weighted by molar-refractivity contribution is 0.0632. The summed E-state index contributed by atoms with van der Waals surface area (Å²) in [7, 11) is 0. The highest BCUT2D eigenvalue weighted by molar-refractivity contribution is 7.99. The summed E-state index contributed by atoms with van der Waals surface area (Å²) < 4.78 is 50.3. The fourth-order valence-corrected chi connectivity index (χ4v) is 7.60. The molecule has 12 nitrogen and oxygen atoms in total. The van der Waals surface area contributed by atoms with Gasteiger partial charge in [-0.2, -0.15) is 5.26 Å². The molecule has 0 spiro atoms. The van der Waals surface area contributed by atoms with E-state index >= 15 is 8.78 Å². The van der Waals surface area contributed by atoms with Crippen molar-refractivity contribution in [2.75, 3.05) is 29.1 Å². The molecule has 2 saturated heterocycles. The van der Waals surface area contributed by atoms with Gasteiger partial charge in [0.25, 0.3) is 0 Å². The van der Waals surface area contributed by atoms with Crippen LogP contribution in [0.3, 0.4) is 0 Å². The molecule has 7 rings (SSSR count). The summed E-state index contributed by atoms with van der Waals surface area (Å²) in [5, 5.41) is 23.1. The van der Waals surface area contributed by atoms with Crippen LogP contribution in [0.1, 0.15) is 57.2 Å². The number of nitriles is 1. The SMILES string of the molecule is CCSc1nc(N2C3CCC2CN(C(=O)O)C3)c2c3c(c(-c4c(F)ccc5oc(NC(=O)OC(C)(C)C)c(C#N)c45)c(F)c2n1)COC3. The number of aromatic nitrogens is 2. The molecule has 2 N–H and O–H groups in total. The lowest BCUT2D eigenvalue weighted by atomic mass is 9.90. The van der Waals surface area contributed by atoms with Crippen LogP contribution >= 0.6 is 11.8 Å². The van der Waals surface area contributed by atoms with Gasteiger partial charge >= 0.3 is 12.2 Å². The summed E-state index contributed by atoms with van der Waals surface area (Å²) in [6.45, 7) is 7.57. The number of carbonyl (C=O) groups is 2. The molecule has 2 amide bonds. The van der Waals surface area contributed by atoms with E-state index in [1.54, 1.807) is 20.8 Å². The molecular weight excluding hydrogens is 646 g/mol. The Morgan fingerprint density at radius 1 is 1.12 bits per heavy atom. The first-order valence-electron chi connectivity index (χ1n) is 15.6. The van der Waals surface area contributed by atoms with Crippen molar-refractivity contribution in [1.82, 2.24) is 14.9 Å². The number of halogens is 2. The highest BCUT2D eigenvalue weighted by Crippen LogP contribution is 2.48. The van der Waals surface area contributed by atoms with Crippen molar-refractivity contribution < 1.29 is 37.4 Å². The third kappa shape index (κ3) is 5.23. The van der Waals surface area contributed by atoms with E-state index in [1.807, 2.05) is 13.0 Å². The van der Waals surface area contributed by atoms with Crippen LogP contribution in [0.5, 0.6) is 0 Å². The Morgan fingerprint density at radius 2 is 1.83 bits per heavy atom. The van der Waals surface area contributed by atoms with Crippen molar-refractivity contribution in [3.05, 3.63) is 40.5 Å². The van der Waals surface area contributed by atoms with Gasteiger partial charge in [0.15, 0.2) is 11.0 Å². The van der Waals surface area contributed by atoms with E-state index in [0.29, 0.717) is 33.2 Å². The second kappa shape index (κ2) is 11.8. The first-order chi connectivity index (χ1) is 22.9. The molecule has 2 aromatic carbocycles. The topological polar surface area (TPSA) is 154 Å².